The fourth-order valence-electron chi connectivity index (χ4n) is 1.54. The average molecular weight is 344 g/mol. The molecule has 0 heterocycles. The highest BCUT2D eigenvalue weighted by molar-refractivity contribution is 9.10. The van der Waals surface area contributed by atoms with Gasteiger partial charge in [-0.2, -0.15) is 0 Å². The minimum atomic E-state index is -3.70. The highest BCUT2D eigenvalue weighted by Crippen LogP contribution is 2.14. The Hall–Kier alpha value is -1.24. The molecule has 0 aliphatic carbocycles. The maximum Gasteiger partial charge on any atom is 0.240 e. The van der Waals surface area contributed by atoms with Gasteiger partial charge in [0.05, 0.1) is 4.90 Å². The second-order valence-corrected chi connectivity index (χ2v) is 6.59. The molecule has 0 saturated heterocycles. The van der Waals surface area contributed by atoms with E-state index in [2.05, 4.69) is 20.7 Å². The van der Waals surface area contributed by atoms with Gasteiger partial charge >= 0.3 is 0 Å². The van der Waals surface area contributed by atoms with Crippen LogP contribution in [0.2, 0.25) is 0 Å². The maximum absolute atomic E-state index is 13.0. The largest absolute Gasteiger partial charge is 0.240 e. The monoisotopic (exact) mass is 343 g/mol. The zero-order valence-electron chi connectivity index (χ0n) is 9.81. The number of hydrogen-bond donors (Lipinski definition) is 1. The van der Waals surface area contributed by atoms with E-state index in [1.54, 1.807) is 6.07 Å². The Morgan fingerprint density at radius 1 is 1.11 bits per heavy atom. The smallest absolute Gasteiger partial charge is 0.207 e. The van der Waals surface area contributed by atoms with Crippen LogP contribution in [0.25, 0.3) is 0 Å². The third-order valence-electron chi connectivity index (χ3n) is 2.46. The predicted octanol–water partition coefficient (Wildman–Crippen LogP) is 3.07. The zero-order chi connectivity index (χ0) is 13.9. The lowest BCUT2D eigenvalue weighted by Gasteiger charge is -2.07. The lowest BCUT2D eigenvalue weighted by atomic mass is 10.2. The topological polar surface area (TPSA) is 46.2 Å². The minimum absolute atomic E-state index is 0.0810. The Balaban J connectivity index is 2.14. The zero-order valence-corrected chi connectivity index (χ0v) is 12.2. The summed E-state index contributed by atoms with van der Waals surface area (Å²) in [7, 11) is -3.70. The van der Waals surface area contributed by atoms with Gasteiger partial charge in [0.25, 0.3) is 0 Å². The molecule has 0 unspecified atom stereocenters. The SMILES string of the molecule is O=S(=O)(NCc1cccc(Br)c1)c1cccc(F)c1. The molecule has 19 heavy (non-hydrogen) atoms. The van der Waals surface area contributed by atoms with Crippen molar-refractivity contribution in [3.8, 4) is 0 Å². The molecule has 2 rings (SSSR count). The second-order valence-electron chi connectivity index (χ2n) is 3.91. The van der Waals surface area contributed by atoms with Crippen molar-refractivity contribution < 1.29 is 12.8 Å². The summed E-state index contributed by atoms with van der Waals surface area (Å²) in [6.07, 6.45) is 0. The van der Waals surface area contributed by atoms with Crippen LogP contribution in [-0.2, 0) is 16.6 Å². The van der Waals surface area contributed by atoms with E-state index in [4.69, 9.17) is 0 Å². The molecule has 0 saturated carbocycles. The molecule has 100 valence electrons. The summed E-state index contributed by atoms with van der Waals surface area (Å²) in [6, 6.07) is 12.2. The molecule has 0 atom stereocenters. The summed E-state index contributed by atoms with van der Waals surface area (Å²) in [4.78, 5) is -0.0810. The molecule has 0 amide bonds. The summed E-state index contributed by atoms with van der Waals surface area (Å²) < 4.78 is 40.2. The van der Waals surface area contributed by atoms with Crippen molar-refractivity contribution in [1.82, 2.24) is 4.72 Å². The van der Waals surface area contributed by atoms with Gasteiger partial charge < -0.3 is 0 Å². The van der Waals surface area contributed by atoms with Crippen molar-refractivity contribution in [3.63, 3.8) is 0 Å². The van der Waals surface area contributed by atoms with Crippen LogP contribution < -0.4 is 4.72 Å². The first-order valence-electron chi connectivity index (χ1n) is 5.47. The molecular formula is C13H11BrFNO2S. The molecule has 0 fully saturated rings. The van der Waals surface area contributed by atoms with Gasteiger partial charge in [-0.3, -0.25) is 0 Å². The van der Waals surface area contributed by atoms with Crippen LogP contribution in [0.1, 0.15) is 5.56 Å². The molecule has 1 N–H and O–H groups in total. The average Bonchev–Trinajstić information content (AvgIpc) is 2.37. The molecule has 2 aromatic rings. The van der Waals surface area contributed by atoms with Crippen LogP contribution in [0.3, 0.4) is 0 Å². The van der Waals surface area contributed by atoms with Crippen LogP contribution in [0.4, 0.5) is 4.39 Å². The molecular weight excluding hydrogens is 333 g/mol. The van der Waals surface area contributed by atoms with Gasteiger partial charge in [-0.1, -0.05) is 34.1 Å². The van der Waals surface area contributed by atoms with E-state index in [9.17, 15) is 12.8 Å². The summed E-state index contributed by atoms with van der Waals surface area (Å²) in [5, 5.41) is 0. The van der Waals surface area contributed by atoms with Crippen LogP contribution in [0.15, 0.2) is 57.9 Å². The molecule has 0 radical (unpaired) electrons. The molecule has 2 aromatic carbocycles. The van der Waals surface area contributed by atoms with Crippen molar-refractivity contribution in [2.24, 2.45) is 0 Å². The van der Waals surface area contributed by atoms with Crippen LogP contribution in [0.5, 0.6) is 0 Å². The van der Waals surface area contributed by atoms with Crippen molar-refractivity contribution in [1.29, 1.82) is 0 Å². The standard InChI is InChI=1S/C13H11BrFNO2S/c14-11-4-1-3-10(7-11)9-16-19(17,18)13-6-2-5-12(15)8-13/h1-8,16H,9H2. The predicted molar refractivity (Wildman–Crippen MR) is 74.6 cm³/mol. The molecule has 0 spiro atoms. The van der Waals surface area contributed by atoms with E-state index in [1.165, 1.54) is 18.2 Å². The van der Waals surface area contributed by atoms with Crippen molar-refractivity contribution in [2.75, 3.05) is 0 Å². The first-order valence-corrected chi connectivity index (χ1v) is 7.75. The molecule has 3 nitrogen and oxygen atoms in total. The number of halogens is 2. The van der Waals surface area contributed by atoms with Gasteiger partial charge in [0.15, 0.2) is 0 Å². The Labute approximate surface area is 119 Å². The third-order valence-corrected chi connectivity index (χ3v) is 4.35. The molecule has 0 aliphatic rings. The fourth-order valence-corrected chi connectivity index (χ4v) is 3.04. The normalized spacial score (nSPS) is 11.5. The van der Waals surface area contributed by atoms with E-state index >= 15 is 0 Å². The van der Waals surface area contributed by atoms with E-state index in [0.29, 0.717) is 0 Å². The quantitative estimate of drug-likeness (QED) is 0.927. The fraction of sp³-hybridized carbons (Fsp3) is 0.0769. The van der Waals surface area contributed by atoms with Crippen molar-refractivity contribution in [2.45, 2.75) is 11.4 Å². The number of rotatable bonds is 4. The van der Waals surface area contributed by atoms with Gasteiger partial charge in [-0.25, -0.2) is 17.5 Å². The summed E-state index contributed by atoms with van der Waals surface area (Å²) >= 11 is 3.31. The number of nitrogens with one attached hydrogen (secondary N) is 1. The summed E-state index contributed by atoms with van der Waals surface area (Å²) in [5.74, 6) is -0.578. The Kier molecular flexibility index (Phi) is 4.34. The Morgan fingerprint density at radius 3 is 2.53 bits per heavy atom. The first-order chi connectivity index (χ1) is 8.97. The lowest BCUT2D eigenvalue weighted by Crippen LogP contribution is -2.23. The number of sulfonamides is 1. The van der Waals surface area contributed by atoms with Gasteiger partial charge in [0.1, 0.15) is 5.82 Å². The van der Waals surface area contributed by atoms with E-state index in [0.717, 1.165) is 16.1 Å². The minimum Gasteiger partial charge on any atom is -0.207 e. The van der Waals surface area contributed by atoms with Gasteiger partial charge in [-0.15, -0.1) is 0 Å². The maximum atomic E-state index is 13.0. The van der Waals surface area contributed by atoms with Crippen LogP contribution >= 0.6 is 15.9 Å². The number of hydrogen-bond acceptors (Lipinski definition) is 2. The molecule has 0 aromatic heterocycles. The van der Waals surface area contributed by atoms with Crippen molar-refractivity contribution >= 4 is 26.0 Å². The molecule has 0 bridgehead atoms. The van der Waals surface area contributed by atoms with E-state index in [1.807, 2.05) is 18.2 Å². The first kappa shape index (κ1) is 14.2. The molecule has 0 aliphatic heterocycles. The van der Waals surface area contributed by atoms with Gasteiger partial charge in [0, 0.05) is 11.0 Å². The third kappa shape index (κ3) is 3.86. The lowest BCUT2D eigenvalue weighted by molar-refractivity contribution is 0.577. The Morgan fingerprint density at radius 2 is 1.84 bits per heavy atom. The van der Waals surface area contributed by atoms with Gasteiger partial charge in [0.2, 0.25) is 10.0 Å². The highest BCUT2D eigenvalue weighted by Gasteiger charge is 2.14. The second kappa shape index (κ2) is 5.81. The van der Waals surface area contributed by atoms with E-state index in [-0.39, 0.29) is 11.4 Å². The summed E-state index contributed by atoms with van der Waals surface area (Å²) in [5.41, 5.74) is 0.814. The van der Waals surface area contributed by atoms with Crippen LogP contribution in [-0.4, -0.2) is 8.42 Å². The molecule has 6 heteroatoms. The highest BCUT2D eigenvalue weighted by atomic mass is 79.9. The van der Waals surface area contributed by atoms with Gasteiger partial charge in [-0.05, 0) is 35.9 Å². The van der Waals surface area contributed by atoms with E-state index < -0.39 is 15.8 Å². The number of benzene rings is 2. The van der Waals surface area contributed by atoms with Crippen molar-refractivity contribution in [3.05, 3.63) is 64.4 Å². The summed E-state index contributed by atoms with van der Waals surface area (Å²) in [6.45, 7) is 0.151. The Bertz CT molecular complexity index is 689. The van der Waals surface area contributed by atoms with Crippen LogP contribution in [0, 0.1) is 5.82 Å².